The van der Waals surface area contributed by atoms with Gasteiger partial charge in [0.25, 0.3) is 5.91 Å². The number of hydrogen-bond acceptors (Lipinski definition) is 10. The van der Waals surface area contributed by atoms with E-state index in [4.69, 9.17) is 14.2 Å². The van der Waals surface area contributed by atoms with Crippen LogP contribution < -0.4 is 14.9 Å². The molecule has 0 saturated carbocycles. The number of nitrogens with one attached hydrogen (secondary N) is 1. The van der Waals surface area contributed by atoms with E-state index in [1.807, 2.05) is 36.6 Å². The van der Waals surface area contributed by atoms with E-state index < -0.39 is 17.8 Å². The molecule has 210 valence electrons. The fourth-order valence-electron chi connectivity index (χ4n) is 3.68. The Kier molecular flexibility index (Phi) is 11.1. The highest BCUT2D eigenvalue weighted by Gasteiger charge is 2.27. The lowest BCUT2D eigenvalue weighted by atomic mass is 10.1. The van der Waals surface area contributed by atoms with Crippen LogP contribution in [0, 0.1) is 6.92 Å². The number of aromatic nitrogens is 1. The number of hydrogen-bond donors (Lipinski definition) is 1. The minimum Gasteiger partial charge on any atom is -0.494 e. The second-order valence-corrected chi connectivity index (χ2v) is 11.0. The first kappa shape index (κ1) is 30.4. The van der Waals surface area contributed by atoms with Gasteiger partial charge in [0, 0.05) is 6.54 Å². The molecule has 0 bridgehead atoms. The normalized spacial score (nSPS) is 11.5. The van der Waals surface area contributed by atoms with Crippen molar-refractivity contribution >= 4 is 73.4 Å². The zero-order chi connectivity index (χ0) is 28.5. The van der Waals surface area contributed by atoms with Crippen LogP contribution in [0.25, 0.3) is 10.2 Å². The number of benzene rings is 1. The van der Waals surface area contributed by atoms with E-state index in [2.05, 4.69) is 10.3 Å². The average Bonchev–Trinajstić information content (AvgIpc) is 3.40. The second kappa shape index (κ2) is 14.3. The van der Waals surface area contributed by atoms with Gasteiger partial charge < -0.3 is 24.1 Å². The van der Waals surface area contributed by atoms with Gasteiger partial charge in [-0.15, -0.1) is 23.1 Å². The minimum atomic E-state index is -0.639. The third kappa shape index (κ3) is 7.49. The largest absolute Gasteiger partial charge is 0.494 e. The summed E-state index contributed by atoms with van der Waals surface area (Å²) in [5, 5.41) is 2.88. The van der Waals surface area contributed by atoms with Gasteiger partial charge in [-0.2, -0.15) is 4.99 Å². The molecule has 0 aliphatic carbocycles. The molecule has 39 heavy (non-hydrogen) atoms. The molecule has 0 atom stereocenters. The van der Waals surface area contributed by atoms with Crippen molar-refractivity contribution in [3.05, 3.63) is 39.0 Å². The van der Waals surface area contributed by atoms with Crippen LogP contribution in [-0.4, -0.2) is 59.6 Å². The first-order valence-corrected chi connectivity index (χ1v) is 15.2. The zero-order valence-corrected chi connectivity index (χ0v) is 24.9. The maximum Gasteiger partial charge on any atom is 0.348 e. The van der Waals surface area contributed by atoms with Crippen LogP contribution >= 0.6 is 34.4 Å². The molecule has 2 amide bonds. The molecular formula is C26H31N3O7S3. The zero-order valence-electron chi connectivity index (χ0n) is 22.5. The highest BCUT2D eigenvalue weighted by molar-refractivity contribution is 8.00. The third-order valence-corrected chi connectivity index (χ3v) is 8.45. The molecular weight excluding hydrogens is 563 g/mol. The summed E-state index contributed by atoms with van der Waals surface area (Å²) in [5.74, 6) is -1.30. The van der Waals surface area contributed by atoms with Crippen LogP contribution in [0.5, 0.6) is 5.75 Å². The lowest BCUT2D eigenvalue weighted by Gasteiger charge is -2.07. The van der Waals surface area contributed by atoms with Crippen molar-refractivity contribution < 1.29 is 33.4 Å². The molecule has 0 spiro atoms. The summed E-state index contributed by atoms with van der Waals surface area (Å²) in [5.41, 5.74) is 1.47. The molecule has 0 fully saturated rings. The summed E-state index contributed by atoms with van der Waals surface area (Å²) in [6.45, 7) is 10.4. The number of esters is 2. The van der Waals surface area contributed by atoms with Gasteiger partial charge in [-0.25, -0.2) is 9.59 Å². The van der Waals surface area contributed by atoms with Crippen LogP contribution in [0.15, 0.2) is 23.2 Å². The fourth-order valence-corrected chi connectivity index (χ4v) is 6.52. The second-order valence-electron chi connectivity index (χ2n) is 7.94. The highest BCUT2D eigenvalue weighted by Crippen LogP contribution is 2.34. The Balaban J connectivity index is 1.68. The van der Waals surface area contributed by atoms with Crippen molar-refractivity contribution in [2.75, 3.05) is 36.6 Å². The van der Waals surface area contributed by atoms with E-state index >= 15 is 0 Å². The molecule has 0 aliphatic heterocycles. The SMILES string of the molecule is CCOC(=O)c1sc(NC(=O)CSCC(=O)N=c2sc3cc(OCC)ccc3n2CC)c(C(=O)OCC)c1C. The number of rotatable bonds is 12. The van der Waals surface area contributed by atoms with Crippen LogP contribution in [0.2, 0.25) is 0 Å². The molecule has 0 aliphatic rings. The molecule has 2 aromatic heterocycles. The number of carbonyl (C=O) groups is 4. The predicted molar refractivity (Wildman–Crippen MR) is 154 cm³/mol. The van der Waals surface area contributed by atoms with E-state index in [1.54, 1.807) is 20.8 Å². The predicted octanol–water partition coefficient (Wildman–Crippen LogP) is 4.64. The minimum absolute atomic E-state index is 0.00213. The number of thiazole rings is 1. The van der Waals surface area contributed by atoms with Crippen molar-refractivity contribution in [2.24, 2.45) is 4.99 Å². The van der Waals surface area contributed by atoms with Gasteiger partial charge in [0.2, 0.25) is 5.91 Å². The van der Waals surface area contributed by atoms with Crippen molar-refractivity contribution in [1.82, 2.24) is 4.57 Å². The van der Waals surface area contributed by atoms with E-state index in [0.717, 1.165) is 39.1 Å². The number of ether oxygens (including phenoxy) is 3. The van der Waals surface area contributed by atoms with Gasteiger partial charge in [0.15, 0.2) is 4.80 Å². The highest BCUT2D eigenvalue weighted by atomic mass is 32.2. The summed E-state index contributed by atoms with van der Waals surface area (Å²) >= 11 is 3.46. The number of aryl methyl sites for hydroxylation is 1. The topological polar surface area (TPSA) is 125 Å². The Morgan fingerprint density at radius 2 is 1.69 bits per heavy atom. The molecule has 13 heteroatoms. The first-order valence-electron chi connectivity index (χ1n) is 12.4. The molecule has 2 heterocycles. The van der Waals surface area contributed by atoms with Gasteiger partial charge >= 0.3 is 11.9 Å². The standard InChI is InChI=1S/C26H31N3O7S3/c1-6-29-17-11-10-16(34-7-2)12-18(17)38-26(29)28-20(31)14-37-13-19(30)27-23-21(24(32)35-8-3)15(5)22(39-23)25(33)36-9-4/h10-12H,6-9,13-14H2,1-5H3,(H,27,30). The Morgan fingerprint density at radius 3 is 2.36 bits per heavy atom. The Labute approximate surface area is 238 Å². The van der Waals surface area contributed by atoms with Crippen LogP contribution in [0.1, 0.15) is 53.3 Å². The van der Waals surface area contributed by atoms with Gasteiger partial charge in [-0.3, -0.25) is 9.59 Å². The van der Waals surface area contributed by atoms with Crippen molar-refractivity contribution in [3.63, 3.8) is 0 Å². The molecule has 0 radical (unpaired) electrons. The number of thioether (sulfide) groups is 1. The van der Waals surface area contributed by atoms with Gasteiger partial charge in [0.1, 0.15) is 15.6 Å². The lowest BCUT2D eigenvalue weighted by molar-refractivity contribution is -0.115. The smallest absolute Gasteiger partial charge is 0.348 e. The van der Waals surface area contributed by atoms with E-state index in [-0.39, 0.29) is 46.1 Å². The first-order chi connectivity index (χ1) is 18.7. The van der Waals surface area contributed by atoms with Gasteiger partial charge in [0.05, 0.1) is 47.1 Å². The molecule has 3 aromatic rings. The maximum atomic E-state index is 12.7. The molecule has 1 aromatic carbocycles. The quantitative estimate of drug-likeness (QED) is 0.301. The lowest BCUT2D eigenvalue weighted by Crippen LogP contribution is -2.18. The Hall–Kier alpha value is -3.16. The summed E-state index contributed by atoms with van der Waals surface area (Å²) < 4.78 is 18.7. The van der Waals surface area contributed by atoms with Crippen LogP contribution in [0.3, 0.4) is 0 Å². The average molecular weight is 594 g/mol. The molecule has 0 saturated heterocycles. The van der Waals surface area contributed by atoms with Crippen molar-refractivity contribution in [3.8, 4) is 5.75 Å². The van der Waals surface area contributed by atoms with Crippen LogP contribution in [0.4, 0.5) is 5.00 Å². The van der Waals surface area contributed by atoms with Gasteiger partial charge in [-0.05, 0) is 58.4 Å². The number of amides is 2. The fraction of sp³-hybridized carbons (Fsp3) is 0.423. The summed E-state index contributed by atoms with van der Waals surface area (Å²) in [4.78, 5) is 55.2. The number of nitrogens with zero attached hydrogens (tertiary/aromatic N) is 2. The molecule has 1 N–H and O–H groups in total. The Morgan fingerprint density at radius 1 is 0.974 bits per heavy atom. The van der Waals surface area contributed by atoms with Crippen molar-refractivity contribution in [1.29, 1.82) is 0 Å². The summed E-state index contributed by atoms with van der Waals surface area (Å²) in [6, 6.07) is 5.78. The monoisotopic (exact) mass is 593 g/mol. The number of anilines is 1. The summed E-state index contributed by atoms with van der Waals surface area (Å²) in [6.07, 6.45) is 0. The number of carbonyl (C=O) groups excluding carboxylic acids is 4. The third-order valence-electron chi connectivity index (χ3n) is 5.30. The van der Waals surface area contributed by atoms with Crippen LogP contribution in [-0.2, 0) is 25.6 Å². The van der Waals surface area contributed by atoms with Gasteiger partial charge in [-0.1, -0.05) is 11.3 Å². The van der Waals surface area contributed by atoms with E-state index in [9.17, 15) is 19.2 Å². The molecule has 0 unspecified atom stereocenters. The van der Waals surface area contributed by atoms with Crippen molar-refractivity contribution in [2.45, 2.75) is 41.2 Å². The number of fused-ring (bicyclic) bond motifs is 1. The van der Waals surface area contributed by atoms with E-state index in [0.29, 0.717) is 23.5 Å². The summed E-state index contributed by atoms with van der Waals surface area (Å²) in [7, 11) is 0. The number of thiophene rings is 1. The molecule has 10 nitrogen and oxygen atoms in total. The Bertz CT molecular complexity index is 1440. The maximum absolute atomic E-state index is 12.7. The molecule has 3 rings (SSSR count). The van der Waals surface area contributed by atoms with E-state index in [1.165, 1.54) is 11.3 Å².